The van der Waals surface area contributed by atoms with Crippen LogP contribution in [0.4, 0.5) is 5.69 Å². The van der Waals surface area contributed by atoms with Crippen LogP contribution in [0.25, 0.3) is 0 Å². The van der Waals surface area contributed by atoms with Crippen LogP contribution in [0, 0.1) is 5.92 Å². The molecule has 104 valence electrons. The van der Waals surface area contributed by atoms with E-state index in [1.807, 2.05) is 19.1 Å². The Morgan fingerprint density at radius 1 is 1.16 bits per heavy atom. The number of piperazine rings is 1. The summed E-state index contributed by atoms with van der Waals surface area (Å²) in [5, 5.41) is 9.88. The molecule has 1 aliphatic heterocycles. The van der Waals surface area contributed by atoms with Crippen molar-refractivity contribution in [3.05, 3.63) is 29.8 Å². The number of rotatable bonds is 4. The quantitative estimate of drug-likeness (QED) is 0.899. The van der Waals surface area contributed by atoms with E-state index >= 15 is 0 Å². The number of hydrogen-bond donors (Lipinski definition) is 1. The van der Waals surface area contributed by atoms with E-state index in [1.54, 1.807) is 0 Å². The molecule has 1 heterocycles. The Hall–Kier alpha value is -1.06. The minimum Gasteiger partial charge on any atom is -0.389 e. The maximum absolute atomic E-state index is 9.88. The molecular weight excluding hydrogens is 236 g/mol. The molecule has 3 nitrogen and oxygen atoms in total. The molecule has 0 amide bonds. The van der Waals surface area contributed by atoms with Gasteiger partial charge in [-0.2, -0.15) is 0 Å². The minimum absolute atomic E-state index is 0.388. The van der Waals surface area contributed by atoms with Crippen molar-refractivity contribution in [2.75, 3.05) is 37.6 Å². The van der Waals surface area contributed by atoms with E-state index in [-0.39, 0.29) is 6.10 Å². The van der Waals surface area contributed by atoms with E-state index in [0.717, 1.165) is 37.7 Å². The standard InChI is InChI=1S/C16H24N2O/c1-13(19)15-4-2-3-5-16(15)18-10-8-17(9-11-18)12-14-6-7-14/h2-5,13-14,19H,6-12H2,1H3/t13-/m0/s1. The maximum atomic E-state index is 9.88. The van der Waals surface area contributed by atoms with Gasteiger partial charge in [0.1, 0.15) is 0 Å². The molecule has 0 aromatic heterocycles. The molecule has 1 N–H and O–H groups in total. The summed E-state index contributed by atoms with van der Waals surface area (Å²) < 4.78 is 0. The fourth-order valence-electron chi connectivity index (χ4n) is 2.97. The van der Waals surface area contributed by atoms with Crippen molar-refractivity contribution >= 4 is 5.69 Å². The topological polar surface area (TPSA) is 26.7 Å². The summed E-state index contributed by atoms with van der Waals surface area (Å²) in [6.45, 7) is 7.62. The van der Waals surface area contributed by atoms with Gasteiger partial charge in [-0.15, -0.1) is 0 Å². The highest BCUT2D eigenvalue weighted by Gasteiger charge is 2.27. The van der Waals surface area contributed by atoms with E-state index in [2.05, 4.69) is 21.9 Å². The van der Waals surface area contributed by atoms with Crippen LogP contribution in [-0.2, 0) is 0 Å². The first kappa shape index (κ1) is 12.9. The minimum atomic E-state index is -0.388. The van der Waals surface area contributed by atoms with Crippen molar-refractivity contribution in [3.8, 4) is 0 Å². The normalized spacial score (nSPS) is 22.5. The zero-order valence-electron chi connectivity index (χ0n) is 11.8. The zero-order chi connectivity index (χ0) is 13.2. The molecule has 1 aromatic rings. The van der Waals surface area contributed by atoms with Crippen molar-refractivity contribution in [1.29, 1.82) is 0 Å². The average molecular weight is 260 g/mol. The van der Waals surface area contributed by atoms with Gasteiger partial charge >= 0.3 is 0 Å². The van der Waals surface area contributed by atoms with Crippen LogP contribution in [-0.4, -0.2) is 42.7 Å². The summed E-state index contributed by atoms with van der Waals surface area (Å²) in [4.78, 5) is 5.02. The first-order valence-corrected chi connectivity index (χ1v) is 7.48. The highest BCUT2D eigenvalue weighted by atomic mass is 16.3. The maximum Gasteiger partial charge on any atom is 0.0781 e. The molecule has 3 rings (SSSR count). The lowest BCUT2D eigenvalue weighted by Crippen LogP contribution is -2.47. The molecule has 2 aliphatic rings. The number of para-hydroxylation sites is 1. The summed E-state index contributed by atoms with van der Waals surface area (Å²) in [5.74, 6) is 0.983. The molecule has 3 heteroatoms. The SMILES string of the molecule is C[C@H](O)c1ccccc1N1CCN(CC2CC2)CC1. The van der Waals surface area contributed by atoms with Crippen LogP contribution < -0.4 is 4.90 Å². The van der Waals surface area contributed by atoms with Gasteiger partial charge in [-0.1, -0.05) is 18.2 Å². The lowest BCUT2D eigenvalue weighted by Gasteiger charge is -2.37. The van der Waals surface area contributed by atoms with Crippen LogP contribution in [0.1, 0.15) is 31.4 Å². The lowest BCUT2D eigenvalue weighted by atomic mass is 10.1. The molecule has 2 fully saturated rings. The number of aliphatic hydroxyl groups excluding tert-OH is 1. The monoisotopic (exact) mass is 260 g/mol. The Kier molecular flexibility index (Phi) is 3.76. The summed E-state index contributed by atoms with van der Waals surface area (Å²) in [5.41, 5.74) is 2.27. The smallest absolute Gasteiger partial charge is 0.0781 e. The molecule has 0 spiro atoms. The number of hydrogen-bond acceptors (Lipinski definition) is 3. The van der Waals surface area contributed by atoms with Crippen LogP contribution in [0.15, 0.2) is 24.3 Å². The third-order valence-electron chi connectivity index (χ3n) is 4.31. The van der Waals surface area contributed by atoms with Gasteiger partial charge < -0.3 is 10.0 Å². The van der Waals surface area contributed by atoms with Crippen molar-refractivity contribution in [2.45, 2.75) is 25.9 Å². The number of aliphatic hydroxyl groups is 1. The predicted octanol–water partition coefficient (Wildman–Crippen LogP) is 2.27. The van der Waals surface area contributed by atoms with Gasteiger partial charge in [-0.05, 0) is 31.7 Å². The summed E-state index contributed by atoms with van der Waals surface area (Å²) in [6, 6.07) is 8.25. The van der Waals surface area contributed by atoms with Gasteiger partial charge in [0.15, 0.2) is 0 Å². The van der Waals surface area contributed by atoms with E-state index in [1.165, 1.54) is 25.1 Å². The average Bonchev–Trinajstić information content (AvgIpc) is 3.23. The van der Waals surface area contributed by atoms with Gasteiger partial charge in [0.2, 0.25) is 0 Å². The molecule has 1 aromatic carbocycles. The molecular formula is C16H24N2O. The van der Waals surface area contributed by atoms with Crippen molar-refractivity contribution in [2.24, 2.45) is 5.92 Å². The number of nitrogens with zero attached hydrogens (tertiary/aromatic N) is 2. The molecule has 1 saturated carbocycles. The second-order valence-electron chi connectivity index (χ2n) is 5.97. The zero-order valence-corrected chi connectivity index (χ0v) is 11.8. The van der Waals surface area contributed by atoms with Crippen LogP contribution >= 0.6 is 0 Å². The molecule has 1 aliphatic carbocycles. The first-order valence-electron chi connectivity index (χ1n) is 7.48. The van der Waals surface area contributed by atoms with E-state index in [4.69, 9.17) is 0 Å². The Bertz CT molecular complexity index is 421. The third-order valence-corrected chi connectivity index (χ3v) is 4.31. The molecule has 0 radical (unpaired) electrons. The second-order valence-corrected chi connectivity index (χ2v) is 5.97. The second kappa shape index (κ2) is 5.51. The fraction of sp³-hybridized carbons (Fsp3) is 0.625. The largest absolute Gasteiger partial charge is 0.389 e. The highest BCUT2D eigenvalue weighted by Crippen LogP contribution is 2.31. The Labute approximate surface area is 115 Å². The van der Waals surface area contributed by atoms with Crippen LogP contribution in [0.3, 0.4) is 0 Å². The van der Waals surface area contributed by atoms with Gasteiger partial charge in [-0.3, -0.25) is 4.90 Å². The summed E-state index contributed by atoms with van der Waals surface area (Å²) in [7, 11) is 0. The molecule has 0 bridgehead atoms. The van der Waals surface area contributed by atoms with E-state index < -0.39 is 0 Å². The Morgan fingerprint density at radius 3 is 2.47 bits per heavy atom. The summed E-state index contributed by atoms with van der Waals surface area (Å²) >= 11 is 0. The third kappa shape index (κ3) is 3.10. The Morgan fingerprint density at radius 2 is 1.84 bits per heavy atom. The number of benzene rings is 1. The molecule has 1 saturated heterocycles. The first-order chi connectivity index (χ1) is 9.24. The van der Waals surface area contributed by atoms with Gasteiger partial charge in [0.05, 0.1) is 6.10 Å². The molecule has 19 heavy (non-hydrogen) atoms. The molecule has 0 unspecified atom stereocenters. The lowest BCUT2D eigenvalue weighted by molar-refractivity contribution is 0.198. The van der Waals surface area contributed by atoms with Gasteiger partial charge in [0, 0.05) is 44.0 Å². The van der Waals surface area contributed by atoms with Crippen molar-refractivity contribution in [1.82, 2.24) is 4.90 Å². The number of anilines is 1. The fourth-order valence-corrected chi connectivity index (χ4v) is 2.97. The molecule has 1 atom stereocenters. The van der Waals surface area contributed by atoms with Gasteiger partial charge in [-0.25, -0.2) is 0 Å². The van der Waals surface area contributed by atoms with Crippen molar-refractivity contribution < 1.29 is 5.11 Å². The van der Waals surface area contributed by atoms with Crippen LogP contribution in [0.2, 0.25) is 0 Å². The highest BCUT2D eigenvalue weighted by molar-refractivity contribution is 5.54. The van der Waals surface area contributed by atoms with Gasteiger partial charge in [0.25, 0.3) is 0 Å². The van der Waals surface area contributed by atoms with E-state index in [0.29, 0.717) is 0 Å². The van der Waals surface area contributed by atoms with Crippen molar-refractivity contribution in [3.63, 3.8) is 0 Å². The Balaban J connectivity index is 1.64. The van der Waals surface area contributed by atoms with E-state index in [9.17, 15) is 5.11 Å². The van der Waals surface area contributed by atoms with Crippen LogP contribution in [0.5, 0.6) is 0 Å². The predicted molar refractivity (Wildman–Crippen MR) is 78.5 cm³/mol. The summed E-state index contributed by atoms with van der Waals surface area (Å²) in [6.07, 6.45) is 2.48.